The number of carbonyl (C=O) groups is 1. The van der Waals surface area contributed by atoms with Gasteiger partial charge in [0.05, 0.1) is 20.8 Å². The summed E-state index contributed by atoms with van der Waals surface area (Å²) in [5.41, 5.74) is 1.87. The smallest absolute Gasteiger partial charge is 0.263 e. The van der Waals surface area contributed by atoms with Crippen LogP contribution in [0.2, 0.25) is 0 Å². The second kappa shape index (κ2) is 7.10. The number of hydrogen-bond acceptors (Lipinski definition) is 8. The van der Waals surface area contributed by atoms with Crippen LogP contribution in [-0.4, -0.2) is 43.3 Å². The van der Waals surface area contributed by atoms with Crippen LogP contribution >= 0.6 is 11.3 Å². The first-order valence-corrected chi connectivity index (χ1v) is 10.8. The third kappa shape index (κ3) is 3.79. The van der Waals surface area contributed by atoms with Crippen molar-refractivity contribution >= 4 is 38.9 Å². The molecule has 0 fully saturated rings. The van der Waals surface area contributed by atoms with Gasteiger partial charge in [-0.1, -0.05) is 6.07 Å². The Labute approximate surface area is 171 Å². The number of amides is 1. The van der Waals surface area contributed by atoms with Crippen LogP contribution in [0.5, 0.6) is 5.75 Å². The van der Waals surface area contributed by atoms with Gasteiger partial charge in [0.2, 0.25) is 16.0 Å². The molecule has 9 nitrogen and oxygen atoms in total. The number of anilines is 2. The lowest BCUT2D eigenvalue weighted by Gasteiger charge is -2.17. The molecule has 0 aliphatic carbocycles. The van der Waals surface area contributed by atoms with Crippen LogP contribution in [0.15, 0.2) is 41.4 Å². The molecule has 0 radical (unpaired) electrons. The minimum Gasteiger partial charge on any atom is -0.484 e. The maximum absolute atomic E-state index is 12.3. The summed E-state index contributed by atoms with van der Waals surface area (Å²) >= 11 is 1.37. The lowest BCUT2D eigenvalue weighted by atomic mass is 10.1. The highest BCUT2D eigenvalue weighted by Crippen LogP contribution is 2.40. The number of aromatic nitrogens is 2. The summed E-state index contributed by atoms with van der Waals surface area (Å²) in [5.74, 6) is 0.694. The molecule has 0 bridgehead atoms. The number of thiophene rings is 1. The van der Waals surface area contributed by atoms with Gasteiger partial charge in [0.15, 0.2) is 5.75 Å². The zero-order valence-corrected chi connectivity index (χ0v) is 17.2. The van der Waals surface area contributed by atoms with Crippen molar-refractivity contribution in [3.8, 4) is 17.0 Å². The maximum atomic E-state index is 12.3. The van der Waals surface area contributed by atoms with Gasteiger partial charge >= 0.3 is 0 Å². The Morgan fingerprint density at radius 1 is 1.31 bits per heavy atom. The third-order valence-corrected chi connectivity index (χ3v) is 6.22. The minimum atomic E-state index is -3.82. The number of ether oxygens (including phenoxy) is 1. The number of fused-ring (bicyclic) bond motifs is 3. The van der Waals surface area contributed by atoms with Gasteiger partial charge in [-0.05, 0) is 24.3 Å². The predicted molar refractivity (Wildman–Crippen MR) is 109 cm³/mol. The van der Waals surface area contributed by atoms with Gasteiger partial charge < -0.3 is 15.0 Å². The fraction of sp³-hybridized carbons (Fsp3) is 0.167. The topological polar surface area (TPSA) is 128 Å². The van der Waals surface area contributed by atoms with Crippen molar-refractivity contribution in [3.63, 3.8) is 0 Å². The molecule has 150 valence electrons. The quantitative estimate of drug-likeness (QED) is 0.648. The van der Waals surface area contributed by atoms with Crippen LogP contribution < -0.4 is 15.2 Å². The number of nitrogens with one attached hydrogen (secondary N) is 1. The third-order valence-electron chi connectivity index (χ3n) is 4.21. The minimum absolute atomic E-state index is 0.0178. The van der Waals surface area contributed by atoms with E-state index in [2.05, 4.69) is 15.3 Å². The number of nitrogens with zero attached hydrogens (tertiary/aromatic N) is 3. The van der Waals surface area contributed by atoms with E-state index in [1.54, 1.807) is 32.4 Å². The maximum Gasteiger partial charge on any atom is 0.263 e. The second-order valence-electron chi connectivity index (χ2n) is 6.54. The fourth-order valence-corrected chi connectivity index (χ4v) is 4.47. The number of hydrogen-bond donors (Lipinski definition) is 2. The van der Waals surface area contributed by atoms with E-state index in [1.807, 2.05) is 6.07 Å². The van der Waals surface area contributed by atoms with Gasteiger partial charge in [0, 0.05) is 25.3 Å². The first-order chi connectivity index (χ1) is 13.7. The van der Waals surface area contributed by atoms with E-state index in [1.165, 1.54) is 28.4 Å². The highest BCUT2D eigenvalue weighted by Gasteiger charge is 2.25. The monoisotopic (exact) mass is 431 g/mol. The molecule has 11 heteroatoms. The molecule has 2 aromatic heterocycles. The van der Waals surface area contributed by atoms with Crippen molar-refractivity contribution in [1.82, 2.24) is 14.9 Å². The summed E-state index contributed by atoms with van der Waals surface area (Å²) in [4.78, 5) is 24.0. The molecule has 3 aromatic rings. The number of primary sulfonamides is 1. The molecule has 3 heterocycles. The fourth-order valence-electron chi connectivity index (χ4n) is 2.81. The number of carbonyl (C=O) groups excluding carboxylic acids is 1. The molecule has 1 aliphatic heterocycles. The van der Waals surface area contributed by atoms with Gasteiger partial charge in [-0.15, -0.1) is 11.3 Å². The van der Waals surface area contributed by atoms with E-state index >= 15 is 0 Å². The summed E-state index contributed by atoms with van der Waals surface area (Å²) in [6, 6.07) is 7.86. The van der Waals surface area contributed by atoms with Crippen LogP contribution in [0.1, 0.15) is 14.5 Å². The summed E-state index contributed by atoms with van der Waals surface area (Å²) in [5, 5.41) is 8.15. The van der Waals surface area contributed by atoms with E-state index in [9.17, 15) is 13.2 Å². The van der Waals surface area contributed by atoms with E-state index in [-0.39, 0.29) is 16.8 Å². The van der Waals surface area contributed by atoms with E-state index in [4.69, 9.17) is 9.88 Å². The number of sulfonamides is 1. The first kappa shape index (κ1) is 19.3. The molecule has 1 aromatic carbocycles. The average molecular weight is 431 g/mol. The lowest BCUT2D eigenvalue weighted by molar-refractivity contribution is 0.0832. The molecule has 0 unspecified atom stereocenters. The molecular weight excluding hydrogens is 414 g/mol. The molecule has 1 amide bonds. The van der Waals surface area contributed by atoms with Crippen LogP contribution in [-0.2, 0) is 16.6 Å². The van der Waals surface area contributed by atoms with E-state index in [0.717, 1.165) is 10.4 Å². The normalized spacial score (nSPS) is 12.5. The zero-order valence-electron chi connectivity index (χ0n) is 15.5. The highest BCUT2D eigenvalue weighted by atomic mass is 32.2. The van der Waals surface area contributed by atoms with E-state index in [0.29, 0.717) is 28.6 Å². The Bertz CT molecular complexity index is 1220. The number of nitrogens with two attached hydrogens (primary N) is 1. The molecule has 3 N–H and O–H groups in total. The Morgan fingerprint density at radius 3 is 2.83 bits per heavy atom. The number of benzene rings is 1. The largest absolute Gasteiger partial charge is 0.484 e. The molecule has 4 rings (SSSR count). The Kier molecular flexibility index (Phi) is 4.73. The average Bonchev–Trinajstić information content (AvgIpc) is 3.11. The summed E-state index contributed by atoms with van der Waals surface area (Å²) in [7, 11) is -0.420. The molecular formula is C18H17N5O4S2. The van der Waals surface area contributed by atoms with Crippen LogP contribution in [0, 0.1) is 0 Å². The van der Waals surface area contributed by atoms with Crippen LogP contribution in [0.25, 0.3) is 11.3 Å². The Balaban J connectivity index is 1.68. The van der Waals surface area contributed by atoms with Crippen molar-refractivity contribution in [3.05, 3.63) is 46.3 Å². The SMILES string of the molecule is CN(C)C(=O)c1cc2c(s1)COc1cnc(Nc3cccc(S(N)(=O)=O)c3)nc1-2. The van der Waals surface area contributed by atoms with Crippen LogP contribution in [0.3, 0.4) is 0 Å². The predicted octanol–water partition coefficient (Wildman–Crippen LogP) is 2.19. The summed E-state index contributed by atoms with van der Waals surface area (Å²) < 4.78 is 28.8. The van der Waals surface area contributed by atoms with Crippen LogP contribution in [0.4, 0.5) is 11.6 Å². The van der Waals surface area contributed by atoms with Gasteiger partial charge in [-0.25, -0.2) is 23.5 Å². The zero-order chi connectivity index (χ0) is 20.8. The standard InChI is InChI=1S/C18H17N5O4S2/c1-23(2)17(24)14-7-12-15(28-14)9-27-13-8-20-18(22-16(12)13)21-10-4-3-5-11(6-10)29(19,25)26/h3-8H,9H2,1-2H3,(H2,19,25,26)(H,20,21,22). The van der Waals surface area contributed by atoms with Gasteiger partial charge in [-0.3, -0.25) is 4.79 Å². The summed E-state index contributed by atoms with van der Waals surface area (Å²) in [6.07, 6.45) is 1.54. The molecule has 1 aliphatic rings. The first-order valence-electron chi connectivity index (χ1n) is 8.47. The van der Waals surface area contributed by atoms with Crippen molar-refractivity contribution < 1.29 is 17.9 Å². The molecule has 0 saturated carbocycles. The highest BCUT2D eigenvalue weighted by molar-refractivity contribution is 7.89. The molecule has 0 atom stereocenters. The van der Waals surface area contributed by atoms with Crippen molar-refractivity contribution in [2.45, 2.75) is 11.5 Å². The Hall–Kier alpha value is -3.02. The van der Waals surface area contributed by atoms with Gasteiger partial charge in [-0.2, -0.15) is 0 Å². The summed E-state index contributed by atoms with van der Waals surface area (Å²) in [6.45, 7) is 0.347. The lowest BCUT2D eigenvalue weighted by Crippen LogP contribution is -2.20. The molecule has 29 heavy (non-hydrogen) atoms. The van der Waals surface area contributed by atoms with Gasteiger partial charge in [0.1, 0.15) is 12.3 Å². The van der Waals surface area contributed by atoms with Crippen molar-refractivity contribution in [2.24, 2.45) is 5.14 Å². The van der Waals surface area contributed by atoms with Crippen molar-refractivity contribution in [2.75, 3.05) is 19.4 Å². The molecule has 0 spiro atoms. The van der Waals surface area contributed by atoms with E-state index < -0.39 is 10.0 Å². The number of rotatable bonds is 4. The van der Waals surface area contributed by atoms with Gasteiger partial charge in [0.25, 0.3) is 5.91 Å². The molecule has 0 saturated heterocycles. The second-order valence-corrected chi connectivity index (χ2v) is 9.24. The Morgan fingerprint density at radius 2 is 2.10 bits per heavy atom. The van der Waals surface area contributed by atoms with Crippen molar-refractivity contribution in [1.29, 1.82) is 0 Å².